The van der Waals surface area contributed by atoms with Crippen molar-refractivity contribution < 1.29 is 14.3 Å². The number of hydrogen-bond donors (Lipinski definition) is 0. The first-order valence-corrected chi connectivity index (χ1v) is 8.31. The van der Waals surface area contributed by atoms with E-state index in [9.17, 15) is 9.59 Å². The monoisotopic (exact) mass is 282 g/mol. The first-order chi connectivity index (χ1) is 9.62. The number of esters is 1. The van der Waals surface area contributed by atoms with Crippen LogP contribution in [0.1, 0.15) is 72.1 Å². The molecule has 3 heteroatoms. The molecule has 0 aromatic carbocycles. The molecule has 0 spiro atoms. The first-order valence-electron chi connectivity index (χ1n) is 8.31. The lowest BCUT2D eigenvalue weighted by molar-refractivity contribution is -0.147. The Morgan fingerprint density at radius 1 is 1.20 bits per heavy atom. The van der Waals surface area contributed by atoms with Crippen molar-refractivity contribution in [3.05, 3.63) is 0 Å². The van der Waals surface area contributed by atoms with E-state index in [0.717, 1.165) is 32.1 Å². The molecule has 1 fully saturated rings. The van der Waals surface area contributed by atoms with Crippen LogP contribution in [0, 0.1) is 17.8 Å². The molecule has 0 amide bonds. The Kier molecular flexibility index (Phi) is 7.86. The largest absolute Gasteiger partial charge is 0.466 e. The van der Waals surface area contributed by atoms with Gasteiger partial charge in [-0.2, -0.15) is 0 Å². The number of carbonyl (C=O) groups is 2. The van der Waals surface area contributed by atoms with Crippen LogP contribution in [0.3, 0.4) is 0 Å². The maximum atomic E-state index is 12.6. The maximum Gasteiger partial charge on any atom is 0.306 e. The third kappa shape index (κ3) is 5.26. The number of ether oxygens (including phenoxy) is 1. The van der Waals surface area contributed by atoms with Crippen LogP contribution in [-0.4, -0.2) is 18.4 Å². The highest BCUT2D eigenvalue weighted by atomic mass is 16.5. The smallest absolute Gasteiger partial charge is 0.306 e. The van der Waals surface area contributed by atoms with Gasteiger partial charge >= 0.3 is 5.97 Å². The average molecular weight is 282 g/mol. The number of rotatable bonds is 8. The van der Waals surface area contributed by atoms with E-state index in [1.54, 1.807) is 0 Å². The molecule has 0 bridgehead atoms. The van der Waals surface area contributed by atoms with E-state index in [1.165, 1.54) is 12.8 Å². The van der Waals surface area contributed by atoms with Crippen molar-refractivity contribution in [2.45, 2.75) is 72.1 Å². The molecule has 0 N–H and O–H groups in total. The molecule has 0 radical (unpaired) electrons. The molecular formula is C17H30O3. The number of carbonyl (C=O) groups excluding carboxylic acids is 2. The Morgan fingerprint density at radius 3 is 2.55 bits per heavy atom. The van der Waals surface area contributed by atoms with E-state index in [0.29, 0.717) is 18.3 Å². The lowest BCUT2D eigenvalue weighted by Crippen LogP contribution is -2.30. The summed E-state index contributed by atoms with van der Waals surface area (Å²) in [4.78, 5) is 24.3. The highest BCUT2D eigenvalue weighted by Gasteiger charge is 2.31. The minimum atomic E-state index is -0.213. The van der Waals surface area contributed by atoms with E-state index in [-0.39, 0.29) is 24.2 Å². The summed E-state index contributed by atoms with van der Waals surface area (Å²) in [6, 6.07) is 0. The summed E-state index contributed by atoms with van der Waals surface area (Å²) in [6.45, 7) is 6.64. The SMILES string of the molecule is CCCOC(=O)CC(CC)C(=O)C1CCCC(CC)C1. The van der Waals surface area contributed by atoms with Crippen LogP contribution in [0.25, 0.3) is 0 Å². The highest BCUT2D eigenvalue weighted by Crippen LogP contribution is 2.34. The summed E-state index contributed by atoms with van der Waals surface area (Å²) in [5, 5.41) is 0. The average Bonchev–Trinajstić information content (AvgIpc) is 2.49. The Hall–Kier alpha value is -0.860. The standard InChI is InChI=1S/C17H30O3/c1-4-10-20-16(18)12-14(6-3)17(19)15-9-7-8-13(5-2)11-15/h13-15H,4-12H2,1-3H3. The van der Waals surface area contributed by atoms with Crippen LogP contribution < -0.4 is 0 Å². The molecule has 0 aliphatic heterocycles. The van der Waals surface area contributed by atoms with Crippen LogP contribution in [-0.2, 0) is 14.3 Å². The predicted octanol–water partition coefficient (Wildman–Crippen LogP) is 4.14. The fourth-order valence-corrected chi connectivity index (χ4v) is 3.18. The van der Waals surface area contributed by atoms with E-state index >= 15 is 0 Å². The van der Waals surface area contributed by atoms with Gasteiger partial charge in [0.15, 0.2) is 0 Å². The van der Waals surface area contributed by atoms with Crippen molar-refractivity contribution in [2.24, 2.45) is 17.8 Å². The Morgan fingerprint density at radius 2 is 1.95 bits per heavy atom. The molecule has 0 heterocycles. The van der Waals surface area contributed by atoms with Crippen molar-refractivity contribution in [3.8, 4) is 0 Å². The van der Waals surface area contributed by atoms with Crippen molar-refractivity contribution in [1.29, 1.82) is 0 Å². The fraction of sp³-hybridized carbons (Fsp3) is 0.882. The molecule has 1 saturated carbocycles. The molecule has 0 saturated heterocycles. The van der Waals surface area contributed by atoms with Gasteiger partial charge in [-0.25, -0.2) is 0 Å². The van der Waals surface area contributed by atoms with Crippen molar-refractivity contribution >= 4 is 11.8 Å². The summed E-state index contributed by atoms with van der Waals surface area (Å²) in [5.41, 5.74) is 0. The van der Waals surface area contributed by atoms with Gasteiger partial charge in [-0.05, 0) is 31.6 Å². The van der Waals surface area contributed by atoms with Crippen molar-refractivity contribution in [2.75, 3.05) is 6.61 Å². The van der Waals surface area contributed by atoms with Crippen molar-refractivity contribution in [1.82, 2.24) is 0 Å². The van der Waals surface area contributed by atoms with Gasteiger partial charge in [0.2, 0.25) is 0 Å². The maximum absolute atomic E-state index is 12.6. The molecule has 3 atom stereocenters. The second-order valence-corrected chi connectivity index (χ2v) is 6.07. The van der Waals surface area contributed by atoms with Gasteiger partial charge in [-0.3, -0.25) is 9.59 Å². The van der Waals surface area contributed by atoms with Gasteiger partial charge in [0.25, 0.3) is 0 Å². The van der Waals surface area contributed by atoms with E-state index in [1.807, 2.05) is 13.8 Å². The summed E-state index contributed by atoms with van der Waals surface area (Å²) < 4.78 is 5.11. The van der Waals surface area contributed by atoms with E-state index in [4.69, 9.17) is 4.74 Å². The molecule has 116 valence electrons. The number of ketones is 1. The predicted molar refractivity (Wildman–Crippen MR) is 80.4 cm³/mol. The van der Waals surface area contributed by atoms with Gasteiger partial charge in [-0.15, -0.1) is 0 Å². The van der Waals surface area contributed by atoms with E-state index < -0.39 is 0 Å². The normalized spacial score (nSPS) is 24.1. The molecule has 3 unspecified atom stereocenters. The third-order valence-corrected chi connectivity index (χ3v) is 4.54. The van der Waals surface area contributed by atoms with Gasteiger partial charge in [0.05, 0.1) is 13.0 Å². The summed E-state index contributed by atoms with van der Waals surface area (Å²) in [7, 11) is 0. The molecule has 1 aliphatic carbocycles. The van der Waals surface area contributed by atoms with Crippen LogP contribution in [0.4, 0.5) is 0 Å². The zero-order valence-electron chi connectivity index (χ0n) is 13.3. The Balaban J connectivity index is 2.51. The van der Waals surface area contributed by atoms with Crippen LogP contribution in [0.15, 0.2) is 0 Å². The summed E-state index contributed by atoms with van der Waals surface area (Å²) >= 11 is 0. The van der Waals surface area contributed by atoms with Crippen LogP contribution >= 0.6 is 0 Å². The molecule has 3 nitrogen and oxygen atoms in total. The van der Waals surface area contributed by atoms with Crippen LogP contribution in [0.2, 0.25) is 0 Å². The second kappa shape index (κ2) is 9.15. The molecule has 1 aliphatic rings. The number of Topliss-reactive ketones (excluding diaryl/α,β-unsaturated/α-hetero) is 1. The third-order valence-electron chi connectivity index (χ3n) is 4.54. The lowest BCUT2D eigenvalue weighted by atomic mass is 9.75. The zero-order valence-corrected chi connectivity index (χ0v) is 13.3. The molecular weight excluding hydrogens is 252 g/mol. The highest BCUT2D eigenvalue weighted by molar-refractivity contribution is 5.87. The van der Waals surface area contributed by atoms with Gasteiger partial charge in [-0.1, -0.05) is 40.0 Å². The Labute approximate surface area is 123 Å². The summed E-state index contributed by atoms with van der Waals surface area (Å²) in [5.74, 6) is 0.828. The van der Waals surface area contributed by atoms with Gasteiger partial charge < -0.3 is 4.74 Å². The fourth-order valence-electron chi connectivity index (χ4n) is 3.18. The minimum Gasteiger partial charge on any atom is -0.466 e. The van der Waals surface area contributed by atoms with E-state index in [2.05, 4.69) is 6.92 Å². The molecule has 1 rings (SSSR count). The minimum absolute atomic E-state index is 0.139. The summed E-state index contributed by atoms with van der Waals surface area (Å²) in [6.07, 6.45) is 7.46. The van der Waals surface area contributed by atoms with Gasteiger partial charge in [0.1, 0.15) is 5.78 Å². The molecule has 0 aromatic heterocycles. The quantitative estimate of drug-likeness (QED) is 0.628. The van der Waals surface area contributed by atoms with Gasteiger partial charge in [0, 0.05) is 11.8 Å². The molecule has 20 heavy (non-hydrogen) atoms. The number of hydrogen-bond acceptors (Lipinski definition) is 3. The first kappa shape index (κ1) is 17.2. The lowest BCUT2D eigenvalue weighted by Gasteiger charge is -2.29. The molecule has 0 aromatic rings. The topological polar surface area (TPSA) is 43.4 Å². The Bertz CT molecular complexity index is 311. The van der Waals surface area contributed by atoms with Crippen LogP contribution in [0.5, 0.6) is 0 Å². The zero-order chi connectivity index (χ0) is 15.0. The second-order valence-electron chi connectivity index (χ2n) is 6.07. The van der Waals surface area contributed by atoms with Crippen molar-refractivity contribution in [3.63, 3.8) is 0 Å².